The number of hydrogen-bond acceptors (Lipinski definition) is 4. The summed E-state index contributed by atoms with van der Waals surface area (Å²) in [6, 6.07) is 0. The number of aryl methyl sites for hydroxylation is 1. The average molecular weight is 297 g/mol. The van der Waals surface area contributed by atoms with E-state index in [4.69, 9.17) is 18.0 Å². The first-order chi connectivity index (χ1) is 9.61. The van der Waals surface area contributed by atoms with Crippen LogP contribution in [0.25, 0.3) is 0 Å². The SMILES string of the molecule is CCn1c(CCC(N)=O)nn(CN2CCCCC2)c1=S. The minimum absolute atomic E-state index is 0.302. The Morgan fingerprint density at radius 2 is 2.05 bits per heavy atom. The summed E-state index contributed by atoms with van der Waals surface area (Å²) in [7, 11) is 0. The molecule has 0 spiro atoms. The second-order valence-electron chi connectivity index (χ2n) is 5.23. The van der Waals surface area contributed by atoms with Crippen LogP contribution in [0.4, 0.5) is 0 Å². The van der Waals surface area contributed by atoms with Gasteiger partial charge in [0.2, 0.25) is 5.91 Å². The molecule has 1 aromatic heterocycles. The minimum atomic E-state index is -0.302. The van der Waals surface area contributed by atoms with Crippen LogP contribution in [0.2, 0.25) is 0 Å². The van der Waals surface area contributed by atoms with E-state index in [2.05, 4.69) is 10.00 Å². The van der Waals surface area contributed by atoms with Gasteiger partial charge in [-0.3, -0.25) is 9.69 Å². The summed E-state index contributed by atoms with van der Waals surface area (Å²) in [4.78, 5) is 13.3. The van der Waals surface area contributed by atoms with Crippen molar-refractivity contribution < 1.29 is 4.79 Å². The molecule has 0 aliphatic carbocycles. The standard InChI is InChI=1S/C13H23N5OS/c1-2-17-12(7-6-11(14)19)15-18(13(17)20)10-16-8-4-3-5-9-16/h2-10H2,1H3,(H2,14,19). The maximum absolute atomic E-state index is 10.9. The van der Waals surface area contributed by atoms with E-state index in [1.54, 1.807) is 0 Å². The Morgan fingerprint density at radius 3 is 2.65 bits per heavy atom. The van der Waals surface area contributed by atoms with Crippen molar-refractivity contribution in [1.82, 2.24) is 19.2 Å². The van der Waals surface area contributed by atoms with Crippen LogP contribution in [0.5, 0.6) is 0 Å². The lowest BCUT2D eigenvalue weighted by Gasteiger charge is -2.25. The molecule has 2 rings (SSSR count). The average Bonchev–Trinajstić information content (AvgIpc) is 2.73. The topological polar surface area (TPSA) is 69.1 Å². The van der Waals surface area contributed by atoms with Crippen LogP contribution in [-0.4, -0.2) is 38.2 Å². The van der Waals surface area contributed by atoms with Gasteiger partial charge in [-0.15, -0.1) is 0 Å². The lowest BCUT2D eigenvalue weighted by atomic mass is 10.1. The van der Waals surface area contributed by atoms with Gasteiger partial charge in [0.25, 0.3) is 0 Å². The molecule has 6 nitrogen and oxygen atoms in total. The van der Waals surface area contributed by atoms with E-state index in [0.29, 0.717) is 12.8 Å². The molecule has 0 unspecified atom stereocenters. The molecule has 2 heterocycles. The molecule has 1 amide bonds. The molecular weight excluding hydrogens is 274 g/mol. The zero-order valence-corrected chi connectivity index (χ0v) is 12.9. The van der Waals surface area contributed by atoms with Crippen molar-refractivity contribution >= 4 is 18.1 Å². The highest BCUT2D eigenvalue weighted by Gasteiger charge is 2.15. The third kappa shape index (κ3) is 3.67. The third-order valence-corrected chi connectivity index (χ3v) is 4.12. The van der Waals surface area contributed by atoms with Crippen LogP contribution in [0.15, 0.2) is 0 Å². The third-order valence-electron chi connectivity index (χ3n) is 3.69. The van der Waals surface area contributed by atoms with Gasteiger partial charge >= 0.3 is 0 Å². The molecule has 1 saturated heterocycles. The van der Waals surface area contributed by atoms with Gasteiger partial charge < -0.3 is 10.3 Å². The second-order valence-corrected chi connectivity index (χ2v) is 5.59. The minimum Gasteiger partial charge on any atom is -0.370 e. The summed E-state index contributed by atoms with van der Waals surface area (Å²) >= 11 is 5.48. The number of nitrogens with zero attached hydrogens (tertiary/aromatic N) is 4. The second kappa shape index (κ2) is 6.99. The van der Waals surface area contributed by atoms with E-state index >= 15 is 0 Å². The molecule has 2 N–H and O–H groups in total. The fraction of sp³-hybridized carbons (Fsp3) is 0.769. The van der Waals surface area contributed by atoms with Crippen molar-refractivity contribution in [3.8, 4) is 0 Å². The number of primary amides is 1. The predicted octanol–water partition coefficient (Wildman–Crippen LogP) is 1.30. The number of hydrogen-bond donors (Lipinski definition) is 1. The van der Waals surface area contributed by atoms with E-state index in [1.807, 2.05) is 16.2 Å². The monoisotopic (exact) mass is 297 g/mol. The van der Waals surface area contributed by atoms with Gasteiger partial charge in [-0.1, -0.05) is 6.42 Å². The fourth-order valence-corrected chi connectivity index (χ4v) is 2.94. The van der Waals surface area contributed by atoms with Crippen LogP contribution in [0.1, 0.15) is 38.4 Å². The van der Waals surface area contributed by atoms with Gasteiger partial charge in [0.15, 0.2) is 4.77 Å². The lowest BCUT2D eigenvalue weighted by Crippen LogP contribution is -2.32. The first-order valence-electron chi connectivity index (χ1n) is 7.29. The molecule has 0 bridgehead atoms. The van der Waals surface area contributed by atoms with Crippen molar-refractivity contribution in [2.75, 3.05) is 13.1 Å². The van der Waals surface area contributed by atoms with Crippen LogP contribution >= 0.6 is 12.2 Å². The Labute approximate surface area is 124 Å². The number of piperidine rings is 1. The van der Waals surface area contributed by atoms with Gasteiger partial charge in [0.1, 0.15) is 5.82 Å². The maximum Gasteiger partial charge on any atom is 0.217 e. The van der Waals surface area contributed by atoms with E-state index in [1.165, 1.54) is 19.3 Å². The summed E-state index contributed by atoms with van der Waals surface area (Å²) in [6.45, 7) is 5.77. The summed E-state index contributed by atoms with van der Waals surface area (Å²) in [5, 5.41) is 4.57. The molecule has 1 aliphatic heterocycles. The number of amides is 1. The highest BCUT2D eigenvalue weighted by molar-refractivity contribution is 7.71. The summed E-state index contributed by atoms with van der Waals surface area (Å²) in [5.41, 5.74) is 5.21. The number of nitrogens with two attached hydrogens (primary N) is 1. The Morgan fingerprint density at radius 1 is 1.35 bits per heavy atom. The van der Waals surface area contributed by atoms with Crippen molar-refractivity contribution in [2.24, 2.45) is 5.73 Å². The van der Waals surface area contributed by atoms with Gasteiger partial charge in [-0.05, 0) is 45.1 Å². The largest absolute Gasteiger partial charge is 0.370 e. The molecule has 0 saturated carbocycles. The summed E-state index contributed by atoms with van der Waals surface area (Å²) in [6.07, 6.45) is 4.68. The van der Waals surface area contributed by atoms with Gasteiger partial charge in [-0.2, -0.15) is 5.10 Å². The van der Waals surface area contributed by atoms with Crippen LogP contribution in [0, 0.1) is 4.77 Å². The molecule has 7 heteroatoms. The Kier molecular flexibility index (Phi) is 5.31. The molecule has 20 heavy (non-hydrogen) atoms. The number of carbonyl (C=O) groups excluding carboxylic acids is 1. The molecule has 112 valence electrons. The van der Waals surface area contributed by atoms with E-state index < -0.39 is 0 Å². The molecule has 1 fully saturated rings. The van der Waals surface area contributed by atoms with Gasteiger partial charge in [-0.25, -0.2) is 4.68 Å². The summed E-state index contributed by atoms with van der Waals surface area (Å²) in [5.74, 6) is 0.553. The van der Waals surface area contributed by atoms with E-state index in [-0.39, 0.29) is 5.91 Å². The summed E-state index contributed by atoms with van der Waals surface area (Å²) < 4.78 is 4.60. The first-order valence-corrected chi connectivity index (χ1v) is 7.69. The van der Waals surface area contributed by atoms with Gasteiger partial charge in [0.05, 0.1) is 6.67 Å². The number of rotatable bonds is 6. The predicted molar refractivity (Wildman–Crippen MR) is 79.7 cm³/mol. The Bertz CT molecular complexity index is 515. The van der Waals surface area contributed by atoms with Crippen LogP contribution in [-0.2, 0) is 24.4 Å². The molecule has 1 aliphatic rings. The highest BCUT2D eigenvalue weighted by Crippen LogP contribution is 2.11. The fourth-order valence-electron chi connectivity index (χ4n) is 2.61. The molecule has 1 aromatic rings. The van der Waals surface area contributed by atoms with E-state index in [0.717, 1.165) is 36.9 Å². The molecule has 0 radical (unpaired) electrons. The number of aromatic nitrogens is 3. The van der Waals surface area contributed by atoms with Crippen molar-refractivity contribution in [2.45, 2.75) is 52.2 Å². The Hall–Kier alpha value is -1.21. The molecular formula is C13H23N5OS. The van der Waals surface area contributed by atoms with Crippen molar-refractivity contribution in [1.29, 1.82) is 0 Å². The van der Waals surface area contributed by atoms with Gasteiger partial charge in [0, 0.05) is 19.4 Å². The highest BCUT2D eigenvalue weighted by atomic mass is 32.1. The van der Waals surface area contributed by atoms with E-state index in [9.17, 15) is 4.79 Å². The number of carbonyl (C=O) groups is 1. The maximum atomic E-state index is 10.9. The van der Waals surface area contributed by atoms with Crippen molar-refractivity contribution in [3.63, 3.8) is 0 Å². The van der Waals surface area contributed by atoms with Crippen LogP contribution in [0.3, 0.4) is 0 Å². The normalized spacial score (nSPS) is 16.4. The quantitative estimate of drug-likeness (QED) is 0.804. The van der Waals surface area contributed by atoms with Crippen LogP contribution < -0.4 is 5.73 Å². The smallest absolute Gasteiger partial charge is 0.217 e. The zero-order valence-electron chi connectivity index (χ0n) is 12.0. The first kappa shape index (κ1) is 15.2. The number of likely N-dealkylation sites (tertiary alicyclic amines) is 1. The molecule has 0 aromatic carbocycles. The van der Waals surface area contributed by atoms with Crippen molar-refractivity contribution in [3.05, 3.63) is 10.6 Å². The Balaban J connectivity index is 2.12. The molecule has 0 atom stereocenters. The lowest BCUT2D eigenvalue weighted by molar-refractivity contribution is -0.118. The zero-order chi connectivity index (χ0) is 14.5.